The third-order valence-corrected chi connectivity index (χ3v) is 6.06. The van der Waals surface area contributed by atoms with Crippen LogP contribution in [0.15, 0.2) is 48.5 Å². The van der Waals surface area contributed by atoms with Crippen LogP contribution in [0.2, 0.25) is 0 Å². The Balaban J connectivity index is 0.000000191. The van der Waals surface area contributed by atoms with Crippen molar-refractivity contribution in [3.8, 4) is 5.69 Å². The van der Waals surface area contributed by atoms with E-state index in [1.807, 2.05) is 56.3 Å². The summed E-state index contributed by atoms with van der Waals surface area (Å²) < 4.78 is 6.38. The van der Waals surface area contributed by atoms with Gasteiger partial charge < -0.3 is 15.6 Å². The maximum atomic E-state index is 11.5. The number of para-hydroxylation sites is 1. The molecule has 0 fully saturated rings. The van der Waals surface area contributed by atoms with Gasteiger partial charge >= 0.3 is 12.0 Å². The van der Waals surface area contributed by atoms with Crippen molar-refractivity contribution in [2.24, 2.45) is 5.73 Å². The molecule has 1 aliphatic carbocycles. The van der Waals surface area contributed by atoms with Crippen LogP contribution < -0.4 is 11.1 Å². The Morgan fingerprint density at radius 1 is 1.18 bits per heavy atom. The maximum Gasteiger partial charge on any atom is 0.337 e. The Morgan fingerprint density at radius 2 is 1.85 bits per heavy atom. The number of rotatable bonds is 3. The van der Waals surface area contributed by atoms with Crippen molar-refractivity contribution in [2.45, 2.75) is 52.1 Å². The molecule has 1 aromatic heterocycles. The SMILES string of the molecule is COC(=O)c1ccc2c(c1)CC(O)CC2(C)C.Cc1nn(-c2ccccc2)c(NC(N)=O)c1C. The van der Waals surface area contributed by atoms with Gasteiger partial charge in [0.15, 0.2) is 0 Å². The molecule has 1 aliphatic rings. The monoisotopic (exact) mass is 464 g/mol. The predicted molar refractivity (Wildman–Crippen MR) is 131 cm³/mol. The standard InChI is InChI=1S/C14H18O3.C12H14N4O/c1-14(2)8-11(15)7-10-6-9(13(16)17-3)4-5-12(10)14;1-8-9(2)15-16(11(8)14-12(13)17)10-6-4-3-5-7-10/h4-6,11,15H,7-8H2,1-3H3;3-7H,1-2H3,(H3,13,14,17). The fourth-order valence-corrected chi connectivity index (χ4v) is 4.32. The lowest BCUT2D eigenvalue weighted by Gasteiger charge is -2.35. The summed E-state index contributed by atoms with van der Waals surface area (Å²) in [7, 11) is 1.38. The molecule has 0 saturated carbocycles. The molecule has 0 bridgehead atoms. The molecule has 0 spiro atoms. The average molecular weight is 465 g/mol. The van der Waals surface area contributed by atoms with Crippen LogP contribution in [0.5, 0.6) is 0 Å². The van der Waals surface area contributed by atoms with Crippen LogP contribution in [0.4, 0.5) is 10.6 Å². The highest BCUT2D eigenvalue weighted by atomic mass is 16.5. The zero-order chi connectivity index (χ0) is 25.0. The first-order valence-corrected chi connectivity index (χ1v) is 11.1. The number of hydrogen-bond donors (Lipinski definition) is 3. The number of nitrogens with two attached hydrogens (primary N) is 1. The van der Waals surface area contributed by atoms with Crippen molar-refractivity contribution in [1.29, 1.82) is 0 Å². The van der Waals surface area contributed by atoms with Crippen molar-refractivity contribution >= 4 is 17.8 Å². The number of aromatic nitrogens is 2. The van der Waals surface area contributed by atoms with Crippen LogP contribution in [0, 0.1) is 13.8 Å². The highest BCUT2D eigenvalue weighted by Gasteiger charge is 2.32. The van der Waals surface area contributed by atoms with Crippen LogP contribution in [0.3, 0.4) is 0 Å². The number of aliphatic hydroxyl groups excluding tert-OH is 1. The molecule has 1 heterocycles. The van der Waals surface area contributed by atoms with Gasteiger partial charge in [-0.05, 0) is 67.5 Å². The highest BCUT2D eigenvalue weighted by molar-refractivity contribution is 5.89. The Kier molecular flexibility index (Phi) is 7.41. The molecule has 0 saturated heterocycles. The minimum Gasteiger partial charge on any atom is -0.465 e. The van der Waals surface area contributed by atoms with E-state index in [-0.39, 0.29) is 17.5 Å². The van der Waals surface area contributed by atoms with E-state index in [9.17, 15) is 14.7 Å². The maximum absolute atomic E-state index is 11.5. The van der Waals surface area contributed by atoms with Crippen molar-refractivity contribution in [3.05, 3.63) is 76.5 Å². The van der Waals surface area contributed by atoms with E-state index in [4.69, 9.17) is 10.5 Å². The molecule has 2 amide bonds. The van der Waals surface area contributed by atoms with E-state index in [1.165, 1.54) is 12.7 Å². The summed E-state index contributed by atoms with van der Waals surface area (Å²) in [5, 5.41) is 16.8. The molecule has 3 aromatic rings. The van der Waals surface area contributed by atoms with Gasteiger partial charge in [-0.3, -0.25) is 5.32 Å². The molecule has 180 valence electrons. The average Bonchev–Trinajstić information content (AvgIpc) is 3.06. The minimum absolute atomic E-state index is 0.0400. The molecular formula is C26H32N4O4. The molecule has 1 unspecified atom stereocenters. The number of anilines is 1. The van der Waals surface area contributed by atoms with Gasteiger partial charge in [0.05, 0.1) is 30.2 Å². The molecule has 2 aromatic carbocycles. The number of aryl methyl sites for hydroxylation is 1. The number of methoxy groups -OCH3 is 1. The van der Waals surface area contributed by atoms with E-state index in [0.29, 0.717) is 17.8 Å². The van der Waals surface area contributed by atoms with Crippen LogP contribution in [-0.2, 0) is 16.6 Å². The van der Waals surface area contributed by atoms with E-state index in [2.05, 4.69) is 24.3 Å². The number of esters is 1. The smallest absolute Gasteiger partial charge is 0.337 e. The number of carbonyl (C=O) groups is 2. The third kappa shape index (κ3) is 5.46. The quantitative estimate of drug-likeness (QED) is 0.506. The zero-order valence-electron chi connectivity index (χ0n) is 20.3. The molecule has 0 aliphatic heterocycles. The van der Waals surface area contributed by atoms with E-state index in [0.717, 1.165) is 28.9 Å². The summed E-state index contributed by atoms with van der Waals surface area (Å²) in [6.45, 7) is 8.02. The summed E-state index contributed by atoms with van der Waals surface area (Å²) >= 11 is 0. The summed E-state index contributed by atoms with van der Waals surface area (Å²) in [5.41, 5.74) is 10.6. The van der Waals surface area contributed by atoms with Gasteiger partial charge in [0.1, 0.15) is 5.82 Å². The van der Waals surface area contributed by atoms with Crippen molar-refractivity contribution < 1.29 is 19.4 Å². The normalized spacial score (nSPS) is 16.0. The van der Waals surface area contributed by atoms with E-state index < -0.39 is 6.03 Å². The summed E-state index contributed by atoms with van der Waals surface area (Å²) in [6, 6.07) is 14.6. The number of ether oxygens (including phenoxy) is 1. The number of carbonyl (C=O) groups excluding carboxylic acids is 2. The van der Waals surface area contributed by atoms with Gasteiger partial charge in [-0.1, -0.05) is 38.1 Å². The number of nitrogens with one attached hydrogen (secondary N) is 1. The van der Waals surface area contributed by atoms with Gasteiger partial charge in [-0.25, -0.2) is 14.3 Å². The second kappa shape index (κ2) is 10.1. The molecular weight excluding hydrogens is 432 g/mol. The third-order valence-electron chi connectivity index (χ3n) is 6.06. The summed E-state index contributed by atoms with van der Waals surface area (Å²) in [6.07, 6.45) is 1.05. The fourth-order valence-electron chi connectivity index (χ4n) is 4.32. The van der Waals surface area contributed by atoms with Gasteiger partial charge in [0.25, 0.3) is 0 Å². The summed E-state index contributed by atoms with van der Waals surface area (Å²) in [5.74, 6) is 0.284. The number of fused-ring (bicyclic) bond motifs is 1. The number of nitrogens with zero attached hydrogens (tertiary/aromatic N) is 2. The molecule has 4 N–H and O–H groups in total. The number of aliphatic hydroxyl groups is 1. The van der Waals surface area contributed by atoms with Gasteiger partial charge in [-0.15, -0.1) is 0 Å². The number of benzene rings is 2. The number of urea groups is 1. The lowest BCUT2D eigenvalue weighted by Crippen LogP contribution is -2.32. The second-order valence-electron chi connectivity index (χ2n) is 9.11. The predicted octanol–water partition coefficient (Wildman–Crippen LogP) is 4.04. The van der Waals surface area contributed by atoms with E-state index in [1.54, 1.807) is 10.7 Å². The number of amides is 2. The first kappa shape index (κ1) is 25.0. The zero-order valence-corrected chi connectivity index (χ0v) is 20.3. The Morgan fingerprint density at radius 3 is 2.47 bits per heavy atom. The van der Waals surface area contributed by atoms with Crippen LogP contribution in [0.1, 0.15) is 53.0 Å². The van der Waals surface area contributed by atoms with Gasteiger partial charge in [-0.2, -0.15) is 5.10 Å². The fraction of sp³-hybridized carbons (Fsp3) is 0.346. The molecule has 1 atom stereocenters. The van der Waals surface area contributed by atoms with Crippen LogP contribution >= 0.6 is 0 Å². The van der Waals surface area contributed by atoms with Gasteiger partial charge in [0.2, 0.25) is 0 Å². The van der Waals surface area contributed by atoms with Crippen molar-refractivity contribution in [2.75, 3.05) is 12.4 Å². The molecule has 4 rings (SSSR count). The highest BCUT2D eigenvalue weighted by Crippen LogP contribution is 2.37. The molecule has 34 heavy (non-hydrogen) atoms. The minimum atomic E-state index is -0.592. The molecule has 0 radical (unpaired) electrons. The molecule has 8 heteroatoms. The van der Waals surface area contributed by atoms with Crippen LogP contribution in [0.25, 0.3) is 5.69 Å². The Labute approximate surface area is 199 Å². The lowest BCUT2D eigenvalue weighted by atomic mass is 9.71. The first-order valence-electron chi connectivity index (χ1n) is 11.1. The van der Waals surface area contributed by atoms with E-state index >= 15 is 0 Å². The molecule has 8 nitrogen and oxygen atoms in total. The Hall–Kier alpha value is -3.65. The largest absolute Gasteiger partial charge is 0.465 e. The van der Waals surface area contributed by atoms with Crippen LogP contribution in [-0.4, -0.2) is 40.1 Å². The van der Waals surface area contributed by atoms with Crippen molar-refractivity contribution in [1.82, 2.24) is 9.78 Å². The number of primary amides is 1. The van der Waals surface area contributed by atoms with Crippen molar-refractivity contribution in [3.63, 3.8) is 0 Å². The van der Waals surface area contributed by atoms with Gasteiger partial charge in [0, 0.05) is 5.56 Å². The second-order valence-corrected chi connectivity index (χ2v) is 9.11. The Bertz CT molecular complexity index is 1190. The lowest BCUT2D eigenvalue weighted by molar-refractivity contribution is 0.0599. The topological polar surface area (TPSA) is 119 Å². The first-order chi connectivity index (χ1) is 16.0. The summed E-state index contributed by atoms with van der Waals surface area (Å²) in [4.78, 5) is 22.4. The number of hydrogen-bond acceptors (Lipinski definition) is 5.